The fraction of sp³-hybridized carbons (Fsp3) is 0.250. The van der Waals surface area contributed by atoms with E-state index < -0.39 is 0 Å². The fourth-order valence-electron chi connectivity index (χ4n) is 1.41. The van der Waals surface area contributed by atoms with Crippen LogP contribution in [-0.2, 0) is 0 Å². The van der Waals surface area contributed by atoms with Gasteiger partial charge < -0.3 is 4.48 Å². The summed E-state index contributed by atoms with van der Waals surface area (Å²) in [5.41, 5.74) is 2.64. The molecule has 0 spiro atoms. The highest BCUT2D eigenvalue weighted by molar-refractivity contribution is 6.27. The number of quaternary nitrogens is 1. The van der Waals surface area contributed by atoms with Gasteiger partial charge in [0.05, 0.1) is 27.2 Å². The van der Waals surface area contributed by atoms with E-state index in [0.717, 1.165) is 23.1 Å². The van der Waals surface area contributed by atoms with Gasteiger partial charge in [-0.25, -0.2) is 0 Å². The van der Waals surface area contributed by atoms with Crippen molar-refractivity contribution in [3.63, 3.8) is 0 Å². The average molecular weight is 265 g/mol. The summed E-state index contributed by atoms with van der Waals surface area (Å²) in [6.45, 7) is 9.37. The first-order chi connectivity index (χ1) is 8.55. The topological polar surface area (TPSA) is 0 Å². The van der Waals surface area contributed by atoms with Crippen LogP contribution in [0.15, 0.2) is 61.2 Å². The molecule has 0 aromatic heterocycles. The third kappa shape index (κ3) is 8.80. The van der Waals surface area contributed by atoms with Crippen LogP contribution in [0.5, 0.6) is 0 Å². The molecule has 0 N–H and O–H groups in total. The molecule has 0 aliphatic heterocycles. The molecular weight excluding hydrogens is 242 g/mol. The van der Waals surface area contributed by atoms with Crippen molar-refractivity contribution in [3.8, 4) is 0 Å². The van der Waals surface area contributed by atoms with Crippen LogP contribution in [0.2, 0.25) is 0 Å². The third-order valence-electron chi connectivity index (χ3n) is 2.30. The summed E-state index contributed by atoms with van der Waals surface area (Å²) in [7, 11) is 4.31. The molecule has 0 radical (unpaired) electrons. The lowest BCUT2D eigenvalue weighted by Gasteiger charge is -2.26. The van der Waals surface area contributed by atoms with Gasteiger partial charge in [0.2, 0.25) is 0 Å². The van der Waals surface area contributed by atoms with Gasteiger partial charge in [0, 0.05) is 5.54 Å². The Balaban J connectivity index is 0.000000321. The lowest BCUT2D eigenvalue weighted by atomic mass is 10.2. The first kappa shape index (κ1) is 16.7. The molecule has 1 aromatic carbocycles. The molecule has 98 valence electrons. The molecule has 0 saturated heterocycles. The van der Waals surface area contributed by atoms with Crippen molar-refractivity contribution in [2.75, 3.05) is 27.2 Å². The van der Waals surface area contributed by atoms with E-state index in [1.807, 2.05) is 48.6 Å². The molecule has 0 unspecified atom stereocenters. The highest BCUT2D eigenvalue weighted by Crippen LogP contribution is 2.00. The molecule has 0 saturated carbocycles. The van der Waals surface area contributed by atoms with Crippen LogP contribution in [0.1, 0.15) is 5.56 Å². The second-order valence-electron chi connectivity index (χ2n) is 4.58. The van der Waals surface area contributed by atoms with Crippen LogP contribution in [0, 0.1) is 0 Å². The fourth-order valence-corrected chi connectivity index (χ4v) is 1.56. The third-order valence-corrected chi connectivity index (χ3v) is 2.43. The molecule has 2 heteroatoms. The number of halogens is 1. The Labute approximate surface area is 116 Å². The zero-order valence-electron chi connectivity index (χ0n) is 11.3. The van der Waals surface area contributed by atoms with Gasteiger partial charge in [-0.2, -0.15) is 0 Å². The van der Waals surface area contributed by atoms with Gasteiger partial charge in [-0.15, -0.1) is 0 Å². The Bertz CT molecular complexity index is 354. The van der Waals surface area contributed by atoms with Gasteiger partial charge in [0.15, 0.2) is 0 Å². The number of rotatable bonds is 5. The second kappa shape index (κ2) is 9.69. The minimum absolute atomic E-state index is 0.951. The Kier molecular flexibility index (Phi) is 8.99. The van der Waals surface area contributed by atoms with E-state index >= 15 is 0 Å². The average Bonchev–Trinajstić information content (AvgIpc) is 2.31. The van der Waals surface area contributed by atoms with Crippen molar-refractivity contribution in [2.45, 2.75) is 0 Å². The van der Waals surface area contributed by atoms with Crippen LogP contribution in [0.4, 0.5) is 0 Å². The van der Waals surface area contributed by atoms with E-state index in [4.69, 9.17) is 11.6 Å². The summed E-state index contributed by atoms with van der Waals surface area (Å²) in [5, 5.41) is 0. The van der Waals surface area contributed by atoms with E-state index in [1.54, 1.807) is 0 Å². The van der Waals surface area contributed by atoms with Gasteiger partial charge in [0.1, 0.15) is 0 Å². The van der Waals surface area contributed by atoms with Gasteiger partial charge in [-0.05, 0) is 23.8 Å². The van der Waals surface area contributed by atoms with Crippen LogP contribution >= 0.6 is 11.6 Å². The zero-order valence-corrected chi connectivity index (χ0v) is 12.1. The molecule has 0 heterocycles. The predicted molar refractivity (Wildman–Crippen MR) is 83.6 cm³/mol. The smallest absolute Gasteiger partial charge is 0.0969 e. The highest BCUT2D eigenvalue weighted by atomic mass is 35.5. The Morgan fingerprint density at radius 1 is 1.06 bits per heavy atom. The lowest BCUT2D eigenvalue weighted by Crippen LogP contribution is -2.39. The van der Waals surface area contributed by atoms with Gasteiger partial charge >= 0.3 is 0 Å². The van der Waals surface area contributed by atoms with E-state index in [9.17, 15) is 0 Å². The maximum atomic E-state index is 5.36. The number of hydrogen-bond donors (Lipinski definition) is 0. The van der Waals surface area contributed by atoms with Crippen molar-refractivity contribution in [3.05, 3.63) is 66.7 Å². The summed E-state index contributed by atoms with van der Waals surface area (Å²) in [4.78, 5) is 0. The molecule has 1 rings (SSSR count). The summed E-state index contributed by atoms with van der Waals surface area (Å²) in [6.07, 6.45) is 5.72. The molecule has 0 bridgehead atoms. The Hall–Kier alpha value is -1.31. The number of nitrogens with zero attached hydrogens (tertiary/aromatic N) is 1. The number of likely N-dealkylation sites (N-methyl/N-ethyl adjacent to an activating group) is 1. The van der Waals surface area contributed by atoms with Gasteiger partial charge in [-0.1, -0.05) is 55.1 Å². The van der Waals surface area contributed by atoms with Crippen LogP contribution < -0.4 is 0 Å². The largest absolute Gasteiger partial charge is 0.322 e. The molecular formula is C16H23ClN+. The van der Waals surface area contributed by atoms with Crippen molar-refractivity contribution in [2.24, 2.45) is 0 Å². The standard InChI is InChI=1S/C8H7Cl.C8H16N/c9-7-6-8-4-2-1-3-5-8;1-5-7-9(3,4)8-6-2/h1-7H;5-6H,1-2,7-8H2,3-4H3/q;+1. The SMILES string of the molecule is C=CC[N+](C)(C)CC=C.ClC=Cc1ccccc1. The molecule has 1 aromatic rings. The zero-order chi connectivity index (χ0) is 13.9. The van der Waals surface area contributed by atoms with Crippen LogP contribution in [0.25, 0.3) is 6.08 Å². The maximum absolute atomic E-state index is 5.36. The van der Waals surface area contributed by atoms with Crippen LogP contribution in [0.3, 0.4) is 0 Å². The first-order valence-electron chi connectivity index (χ1n) is 5.91. The molecule has 0 fully saturated rings. The molecule has 0 atom stereocenters. The van der Waals surface area contributed by atoms with E-state index in [1.165, 1.54) is 5.54 Å². The second-order valence-corrected chi connectivity index (χ2v) is 4.83. The molecule has 0 amide bonds. The van der Waals surface area contributed by atoms with E-state index in [-0.39, 0.29) is 0 Å². The van der Waals surface area contributed by atoms with Gasteiger partial charge in [0.25, 0.3) is 0 Å². The van der Waals surface area contributed by atoms with Crippen LogP contribution in [-0.4, -0.2) is 31.7 Å². The monoisotopic (exact) mass is 264 g/mol. The number of hydrogen-bond acceptors (Lipinski definition) is 0. The van der Waals surface area contributed by atoms with Crippen molar-refractivity contribution in [1.82, 2.24) is 0 Å². The highest BCUT2D eigenvalue weighted by Gasteiger charge is 2.07. The summed E-state index contributed by atoms with van der Waals surface area (Å²) < 4.78 is 0.951. The van der Waals surface area contributed by atoms with E-state index in [0.29, 0.717) is 0 Å². The first-order valence-corrected chi connectivity index (χ1v) is 6.35. The van der Waals surface area contributed by atoms with E-state index in [2.05, 4.69) is 27.3 Å². The molecule has 0 aliphatic rings. The van der Waals surface area contributed by atoms with Crippen molar-refractivity contribution >= 4 is 17.7 Å². The molecule has 1 nitrogen and oxygen atoms in total. The van der Waals surface area contributed by atoms with Crippen molar-refractivity contribution in [1.29, 1.82) is 0 Å². The Morgan fingerprint density at radius 3 is 1.94 bits per heavy atom. The number of benzene rings is 1. The van der Waals surface area contributed by atoms with Gasteiger partial charge in [-0.3, -0.25) is 0 Å². The summed E-state index contributed by atoms with van der Waals surface area (Å²) in [5.74, 6) is 0. The minimum Gasteiger partial charge on any atom is -0.322 e. The normalized spacial score (nSPS) is 10.6. The summed E-state index contributed by atoms with van der Waals surface area (Å²) >= 11 is 5.36. The minimum atomic E-state index is 0.951. The predicted octanol–water partition coefficient (Wildman–Crippen LogP) is 4.33. The summed E-state index contributed by atoms with van der Waals surface area (Å²) in [6, 6.07) is 9.93. The maximum Gasteiger partial charge on any atom is 0.0969 e. The lowest BCUT2D eigenvalue weighted by molar-refractivity contribution is -0.878. The quantitative estimate of drug-likeness (QED) is 0.549. The Morgan fingerprint density at radius 2 is 1.56 bits per heavy atom. The van der Waals surface area contributed by atoms with Crippen molar-refractivity contribution < 1.29 is 4.48 Å². The molecule has 0 aliphatic carbocycles. The molecule has 18 heavy (non-hydrogen) atoms.